The largest absolute Gasteiger partial charge is 0.467 e. The molecular formula is C18H16F3N3O4. The first-order valence-corrected chi connectivity index (χ1v) is 8.31. The molecule has 1 saturated heterocycles. The molecule has 1 aliphatic heterocycles. The average Bonchev–Trinajstić information content (AvgIpc) is 3.23. The van der Waals surface area contributed by atoms with Crippen molar-refractivity contribution in [3.8, 4) is 0 Å². The van der Waals surface area contributed by atoms with E-state index < -0.39 is 36.2 Å². The van der Waals surface area contributed by atoms with Gasteiger partial charge in [0.25, 0.3) is 11.6 Å². The molecule has 1 atom stereocenters. The zero-order chi connectivity index (χ0) is 20.4. The number of amides is 4. The predicted molar refractivity (Wildman–Crippen MR) is 89.5 cm³/mol. The minimum absolute atomic E-state index is 0.122. The highest BCUT2D eigenvalue weighted by Crippen LogP contribution is 2.34. The lowest BCUT2D eigenvalue weighted by Crippen LogP contribution is -2.69. The van der Waals surface area contributed by atoms with Crippen LogP contribution in [-0.4, -0.2) is 34.6 Å². The molecular weight excluding hydrogens is 379 g/mol. The lowest BCUT2D eigenvalue weighted by Gasteiger charge is -2.29. The van der Waals surface area contributed by atoms with Crippen molar-refractivity contribution in [2.24, 2.45) is 0 Å². The van der Waals surface area contributed by atoms with Gasteiger partial charge in [-0.2, -0.15) is 13.2 Å². The van der Waals surface area contributed by atoms with E-state index in [2.05, 4.69) is 0 Å². The highest BCUT2D eigenvalue weighted by atomic mass is 19.4. The van der Waals surface area contributed by atoms with E-state index in [4.69, 9.17) is 4.42 Å². The van der Waals surface area contributed by atoms with Gasteiger partial charge in [-0.05, 0) is 24.1 Å². The Morgan fingerprint density at radius 1 is 1.14 bits per heavy atom. The maximum Gasteiger partial charge on any atom is 0.440 e. The fourth-order valence-corrected chi connectivity index (χ4v) is 2.80. The summed E-state index contributed by atoms with van der Waals surface area (Å²) in [7, 11) is 0. The molecule has 1 unspecified atom stereocenters. The van der Waals surface area contributed by atoms with E-state index in [1.54, 1.807) is 41.0 Å². The molecule has 2 aromatic rings. The van der Waals surface area contributed by atoms with Gasteiger partial charge in [0.1, 0.15) is 5.76 Å². The molecule has 0 bridgehead atoms. The third kappa shape index (κ3) is 3.71. The number of aryl methyl sites for hydroxylation is 1. The Morgan fingerprint density at radius 2 is 1.86 bits per heavy atom. The van der Waals surface area contributed by atoms with Crippen molar-refractivity contribution >= 4 is 17.8 Å². The molecule has 7 nitrogen and oxygen atoms in total. The van der Waals surface area contributed by atoms with Crippen LogP contribution in [0.3, 0.4) is 0 Å². The average molecular weight is 395 g/mol. The Hall–Kier alpha value is -3.30. The highest BCUT2D eigenvalue weighted by molar-refractivity contribution is 6.08. The van der Waals surface area contributed by atoms with Crippen LogP contribution in [0.1, 0.15) is 17.7 Å². The number of rotatable bonds is 6. The number of hydrogen-bond donors (Lipinski definition) is 2. The maximum atomic E-state index is 13.7. The monoisotopic (exact) mass is 395 g/mol. The van der Waals surface area contributed by atoms with Gasteiger partial charge in [0.05, 0.1) is 12.8 Å². The number of furan rings is 1. The van der Waals surface area contributed by atoms with Gasteiger partial charge in [-0.1, -0.05) is 30.3 Å². The topological polar surface area (TPSA) is 91.7 Å². The van der Waals surface area contributed by atoms with Gasteiger partial charge in [0.2, 0.25) is 5.91 Å². The van der Waals surface area contributed by atoms with E-state index in [9.17, 15) is 27.6 Å². The molecule has 148 valence electrons. The fourth-order valence-electron chi connectivity index (χ4n) is 2.80. The zero-order valence-corrected chi connectivity index (χ0v) is 14.5. The van der Waals surface area contributed by atoms with E-state index in [0.717, 1.165) is 5.56 Å². The molecule has 4 amide bonds. The van der Waals surface area contributed by atoms with Gasteiger partial charge >= 0.3 is 12.2 Å². The van der Waals surface area contributed by atoms with Crippen molar-refractivity contribution < 1.29 is 32.0 Å². The maximum absolute atomic E-state index is 13.7. The summed E-state index contributed by atoms with van der Waals surface area (Å²) in [5, 5.41) is 3.26. The lowest BCUT2D eigenvalue weighted by molar-refractivity contribution is -0.204. The fraction of sp³-hybridized carbons (Fsp3) is 0.278. The van der Waals surface area contributed by atoms with Gasteiger partial charge in [-0.25, -0.2) is 4.79 Å². The first-order chi connectivity index (χ1) is 13.2. The third-order valence-electron chi connectivity index (χ3n) is 4.24. The summed E-state index contributed by atoms with van der Waals surface area (Å²) in [6.45, 7) is -0.491. The predicted octanol–water partition coefficient (Wildman–Crippen LogP) is 2.34. The summed E-state index contributed by atoms with van der Waals surface area (Å²) in [4.78, 5) is 37.0. The SMILES string of the molecule is O=C(CCc1ccccc1)NC1(C(F)(F)F)NC(=O)N(Cc2ccco2)C1=O. The number of imide groups is 1. The molecule has 2 N–H and O–H groups in total. The molecule has 10 heteroatoms. The summed E-state index contributed by atoms with van der Waals surface area (Å²) in [5.74, 6) is -2.51. The number of carbonyl (C=O) groups is 3. The van der Waals surface area contributed by atoms with Crippen LogP contribution in [0.4, 0.5) is 18.0 Å². The number of nitrogens with one attached hydrogen (secondary N) is 2. The van der Waals surface area contributed by atoms with Crippen LogP contribution in [0.25, 0.3) is 0 Å². The highest BCUT2D eigenvalue weighted by Gasteiger charge is 2.68. The van der Waals surface area contributed by atoms with E-state index in [1.165, 1.54) is 18.4 Å². The van der Waals surface area contributed by atoms with Gasteiger partial charge in [-0.15, -0.1) is 0 Å². The standard InChI is InChI=1S/C18H16F3N3O4/c19-18(20,21)17(22-14(25)9-8-12-5-2-1-3-6-12)15(26)24(16(27)23-17)11-13-7-4-10-28-13/h1-7,10H,8-9,11H2,(H,22,25)(H,23,27). The number of benzene rings is 1. The zero-order valence-electron chi connectivity index (χ0n) is 14.5. The van der Waals surface area contributed by atoms with E-state index in [-0.39, 0.29) is 18.6 Å². The van der Waals surface area contributed by atoms with Crippen LogP contribution in [0, 0.1) is 0 Å². The van der Waals surface area contributed by atoms with Crippen molar-refractivity contribution in [3.63, 3.8) is 0 Å². The second-order valence-electron chi connectivity index (χ2n) is 6.18. The minimum atomic E-state index is -5.24. The Balaban J connectivity index is 1.76. The number of halogens is 3. The Kier molecular flexibility index (Phi) is 5.12. The van der Waals surface area contributed by atoms with Crippen molar-refractivity contribution in [3.05, 3.63) is 60.1 Å². The van der Waals surface area contributed by atoms with Gasteiger partial charge in [-0.3, -0.25) is 19.8 Å². The molecule has 3 rings (SSSR count). The van der Waals surface area contributed by atoms with Crippen molar-refractivity contribution in [1.82, 2.24) is 15.5 Å². The molecule has 2 heterocycles. The van der Waals surface area contributed by atoms with Gasteiger partial charge in [0, 0.05) is 6.42 Å². The van der Waals surface area contributed by atoms with Gasteiger partial charge in [0.15, 0.2) is 0 Å². The molecule has 1 aliphatic rings. The van der Waals surface area contributed by atoms with Crippen molar-refractivity contribution in [1.29, 1.82) is 0 Å². The molecule has 0 spiro atoms. The summed E-state index contributed by atoms with van der Waals surface area (Å²) < 4.78 is 46.1. The van der Waals surface area contributed by atoms with Crippen LogP contribution < -0.4 is 10.6 Å². The van der Waals surface area contributed by atoms with E-state index in [0.29, 0.717) is 4.90 Å². The van der Waals surface area contributed by atoms with Crippen LogP contribution in [-0.2, 0) is 22.6 Å². The number of urea groups is 1. The van der Waals surface area contributed by atoms with Crippen LogP contribution >= 0.6 is 0 Å². The van der Waals surface area contributed by atoms with Crippen LogP contribution in [0.2, 0.25) is 0 Å². The van der Waals surface area contributed by atoms with Crippen LogP contribution in [0.5, 0.6) is 0 Å². The second-order valence-corrected chi connectivity index (χ2v) is 6.18. The quantitative estimate of drug-likeness (QED) is 0.735. The molecule has 0 radical (unpaired) electrons. The second kappa shape index (κ2) is 7.37. The van der Waals surface area contributed by atoms with E-state index in [1.807, 2.05) is 0 Å². The number of carbonyl (C=O) groups excluding carboxylic acids is 3. The smallest absolute Gasteiger partial charge is 0.440 e. The van der Waals surface area contributed by atoms with E-state index >= 15 is 0 Å². The van der Waals surface area contributed by atoms with Crippen molar-refractivity contribution in [2.75, 3.05) is 0 Å². The Labute approximate surface area is 157 Å². The lowest BCUT2D eigenvalue weighted by atomic mass is 10.1. The summed E-state index contributed by atoms with van der Waals surface area (Å²) in [5.41, 5.74) is -2.76. The third-order valence-corrected chi connectivity index (χ3v) is 4.24. The normalized spacial score (nSPS) is 19.6. The minimum Gasteiger partial charge on any atom is -0.467 e. The van der Waals surface area contributed by atoms with Crippen molar-refractivity contribution in [2.45, 2.75) is 31.2 Å². The van der Waals surface area contributed by atoms with Crippen LogP contribution in [0.15, 0.2) is 53.1 Å². The number of alkyl halides is 3. The number of hydrogen-bond acceptors (Lipinski definition) is 4. The first-order valence-electron chi connectivity index (χ1n) is 8.31. The molecule has 1 aromatic carbocycles. The summed E-state index contributed by atoms with van der Waals surface area (Å²) in [6, 6.07) is 10.3. The molecule has 0 aliphatic carbocycles. The summed E-state index contributed by atoms with van der Waals surface area (Å²) in [6.07, 6.45) is -4.09. The van der Waals surface area contributed by atoms with Gasteiger partial charge < -0.3 is 9.73 Å². The first kappa shape index (κ1) is 19.5. The Morgan fingerprint density at radius 3 is 2.46 bits per heavy atom. The molecule has 0 saturated carbocycles. The number of nitrogens with zero attached hydrogens (tertiary/aromatic N) is 1. The Bertz CT molecular complexity index is 868. The summed E-state index contributed by atoms with van der Waals surface area (Å²) >= 11 is 0. The molecule has 1 aromatic heterocycles. The molecule has 1 fully saturated rings. The molecule has 28 heavy (non-hydrogen) atoms.